The Kier molecular flexibility index (Phi) is 3.30. The Morgan fingerprint density at radius 2 is 2.00 bits per heavy atom. The van der Waals surface area contributed by atoms with E-state index in [0.717, 1.165) is 6.42 Å². The molecule has 0 aliphatic heterocycles. The van der Waals surface area contributed by atoms with Crippen LogP contribution < -0.4 is 0 Å². The van der Waals surface area contributed by atoms with E-state index in [2.05, 4.69) is 52.0 Å². The van der Waals surface area contributed by atoms with E-state index in [1.165, 1.54) is 22.3 Å². The van der Waals surface area contributed by atoms with Crippen LogP contribution in [0.15, 0.2) is 24.3 Å². The van der Waals surface area contributed by atoms with Crippen LogP contribution >= 0.6 is 0 Å². The molecule has 0 N–H and O–H groups in total. The first-order chi connectivity index (χ1) is 6.15. The maximum Gasteiger partial charge on any atom is -0.0201 e. The Bertz CT molecular complexity index is 319. The average molecular weight is 174 g/mol. The minimum atomic E-state index is 1.11. The van der Waals surface area contributed by atoms with E-state index in [9.17, 15) is 0 Å². The van der Waals surface area contributed by atoms with E-state index >= 15 is 0 Å². The fourth-order valence-corrected chi connectivity index (χ4v) is 1.67. The van der Waals surface area contributed by atoms with Gasteiger partial charge in [0.05, 0.1) is 0 Å². The zero-order valence-electron chi connectivity index (χ0n) is 9.02. The van der Waals surface area contributed by atoms with Crippen LogP contribution in [-0.2, 0) is 0 Å². The third-order valence-electron chi connectivity index (χ3n) is 2.32. The van der Waals surface area contributed by atoms with E-state index in [1.54, 1.807) is 0 Å². The molecule has 0 nitrogen and oxygen atoms in total. The first-order valence-electron chi connectivity index (χ1n) is 4.89. The van der Waals surface area contributed by atoms with Crippen LogP contribution in [-0.4, -0.2) is 0 Å². The quantitative estimate of drug-likeness (QED) is 0.632. The van der Waals surface area contributed by atoms with Gasteiger partial charge in [0.2, 0.25) is 0 Å². The SMILES string of the molecule is CC/C=C(/C)c1ccc(C)cc1C. The molecule has 0 spiro atoms. The van der Waals surface area contributed by atoms with Gasteiger partial charge in [0.25, 0.3) is 0 Å². The molecule has 1 rings (SSSR count). The van der Waals surface area contributed by atoms with Crippen molar-refractivity contribution in [2.24, 2.45) is 0 Å². The molecular formula is C13H18. The molecule has 70 valence electrons. The molecule has 0 radical (unpaired) electrons. The van der Waals surface area contributed by atoms with Gasteiger partial charge < -0.3 is 0 Å². The van der Waals surface area contributed by atoms with Gasteiger partial charge in [-0.3, -0.25) is 0 Å². The molecule has 0 aliphatic carbocycles. The Morgan fingerprint density at radius 1 is 1.31 bits per heavy atom. The lowest BCUT2D eigenvalue weighted by molar-refractivity contribution is 1.22. The highest BCUT2D eigenvalue weighted by molar-refractivity contribution is 5.66. The molecule has 0 heterocycles. The lowest BCUT2D eigenvalue weighted by atomic mass is 9.99. The molecule has 0 heteroatoms. The Labute approximate surface area is 81.3 Å². The normalized spacial score (nSPS) is 11.8. The Hall–Kier alpha value is -1.04. The highest BCUT2D eigenvalue weighted by Gasteiger charge is 1.99. The van der Waals surface area contributed by atoms with Gasteiger partial charge in [-0.1, -0.05) is 36.8 Å². The second-order valence-electron chi connectivity index (χ2n) is 3.61. The summed E-state index contributed by atoms with van der Waals surface area (Å²) in [6.07, 6.45) is 3.39. The van der Waals surface area contributed by atoms with Crippen molar-refractivity contribution in [2.45, 2.75) is 34.1 Å². The maximum absolute atomic E-state index is 2.28. The van der Waals surface area contributed by atoms with E-state index < -0.39 is 0 Å². The summed E-state index contributed by atoms with van der Waals surface area (Å²) in [7, 11) is 0. The van der Waals surface area contributed by atoms with Gasteiger partial charge in [0, 0.05) is 0 Å². The zero-order chi connectivity index (χ0) is 9.84. The highest BCUT2D eigenvalue weighted by atomic mass is 14.0. The van der Waals surface area contributed by atoms with Crippen LogP contribution in [0.25, 0.3) is 5.57 Å². The lowest BCUT2D eigenvalue weighted by Crippen LogP contribution is -1.86. The predicted octanol–water partition coefficient (Wildman–Crippen LogP) is 4.12. The summed E-state index contributed by atoms with van der Waals surface area (Å²) in [6.45, 7) is 8.67. The minimum absolute atomic E-state index is 1.11. The van der Waals surface area contributed by atoms with Gasteiger partial charge in [-0.2, -0.15) is 0 Å². The summed E-state index contributed by atoms with van der Waals surface area (Å²) in [5, 5.41) is 0. The van der Waals surface area contributed by atoms with Gasteiger partial charge in [-0.25, -0.2) is 0 Å². The molecule has 0 fully saturated rings. The van der Waals surface area contributed by atoms with Gasteiger partial charge in [-0.15, -0.1) is 0 Å². The number of hydrogen-bond donors (Lipinski definition) is 0. The minimum Gasteiger partial charge on any atom is -0.0813 e. The Balaban J connectivity index is 3.09. The third-order valence-corrected chi connectivity index (χ3v) is 2.32. The number of hydrogen-bond acceptors (Lipinski definition) is 0. The molecule has 1 aromatic carbocycles. The maximum atomic E-state index is 2.28. The van der Waals surface area contributed by atoms with Gasteiger partial charge in [0.1, 0.15) is 0 Å². The fourth-order valence-electron chi connectivity index (χ4n) is 1.67. The second kappa shape index (κ2) is 4.27. The van der Waals surface area contributed by atoms with E-state index in [0.29, 0.717) is 0 Å². The number of allylic oxidation sites excluding steroid dienone is 2. The summed E-state index contributed by atoms with van der Waals surface area (Å²) in [5.41, 5.74) is 5.49. The van der Waals surface area contributed by atoms with Gasteiger partial charge >= 0.3 is 0 Å². The van der Waals surface area contributed by atoms with Crippen molar-refractivity contribution in [3.63, 3.8) is 0 Å². The van der Waals surface area contributed by atoms with E-state index in [4.69, 9.17) is 0 Å². The number of rotatable bonds is 2. The summed E-state index contributed by atoms with van der Waals surface area (Å²) in [4.78, 5) is 0. The molecule has 0 bridgehead atoms. The summed E-state index contributed by atoms with van der Waals surface area (Å²) < 4.78 is 0. The summed E-state index contributed by atoms with van der Waals surface area (Å²) >= 11 is 0. The predicted molar refractivity (Wildman–Crippen MR) is 59.9 cm³/mol. The first kappa shape index (κ1) is 10.0. The summed E-state index contributed by atoms with van der Waals surface area (Å²) in [5.74, 6) is 0. The van der Waals surface area contributed by atoms with Crippen LogP contribution in [0, 0.1) is 13.8 Å². The van der Waals surface area contributed by atoms with Crippen molar-refractivity contribution >= 4 is 5.57 Å². The van der Waals surface area contributed by atoms with Crippen LogP contribution in [0.5, 0.6) is 0 Å². The molecule has 0 saturated heterocycles. The summed E-state index contributed by atoms with van der Waals surface area (Å²) in [6, 6.07) is 6.63. The molecule has 0 saturated carbocycles. The molecule has 1 aromatic rings. The van der Waals surface area contributed by atoms with Crippen LogP contribution in [0.1, 0.15) is 37.0 Å². The van der Waals surface area contributed by atoms with E-state index in [1.807, 2.05) is 0 Å². The average Bonchev–Trinajstić information content (AvgIpc) is 2.04. The molecule has 0 aromatic heterocycles. The molecule has 0 unspecified atom stereocenters. The molecule has 0 atom stereocenters. The van der Waals surface area contributed by atoms with Crippen molar-refractivity contribution < 1.29 is 0 Å². The highest BCUT2D eigenvalue weighted by Crippen LogP contribution is 2.19. The van der Waals surface area contributed by atoms with Gasteiger partial charge in [-0.05, 0) is 43.9 Å². The lowest BCUT2D eigenvalue weighted by Gasteiger charge is -2.06. The fraction of sp³-hybridized carbons (Fsp3) is 0.385. The van der Waals surface area contributed by atoms with Crippen LogP contribution in [0.2, 0.25) is 0 Å². The van der Waals surface area contributed by atoms with Crippen molar-refractivity contribution in [1.29, 1.82) is 0 Å². The molecular weight excluding hydrogens is 156 g/mol. The van der Waals surface area contributed by atoms with Crippen molar-refractivity contribution in [3.05, 3.63) is 41.0 Å². The van der Waals surface area contributed by atoms with Crippen LogP contribution in [0.4, 0.5) is 0 Å². The monoisotopic (exact) mass is 174 g/mol. The van der Waals surface area contributed by atoms with Crippen molar-refractivity contribution in [1.82, 2.24) is 0 Å². The topological polar surface area (TPSA) is 0 Å². The van der Waals surface area contributed by atoms with Crippen LogP contribution in [0.3, 0.4) is 0 Å². The third kappa shape index (κ3) is 2.45. The Morgan fingerprint density at radius 3 is 2.54 bits per heavy atom. The number of aryl methyl sites for hydroxylation is 2. The molecule has 0 aliphatic rings. The smallest absolute Gasteiger partial charge is 0.0201 e. The van der Waals surface area contributed by atoms with E-state index in [-0.39, 0.29) is 0 Å². The molecule has 0 amide bonds. The largest absolute Gasteiger partial charge is 0.0813 e. The van der Waals surface area contributed by atoms with Crippen molar-refractivity contribution in [3.8, 4) is 0 Å². The zero-order valence-corrected chi connectivity index (χ0v) is 9.02. The second-order valence-corrected chi connectivity index (χ2v) is 3.61. The number of benzene rings is 1. The van der Waals surface area contributed by atoms with Crippen molar-refractivity contribution in [2.75, 3.05) is 0 Å². The van der Waals surface area contributed by atoms with Gasteiger partial charge in [0.15, 0.2) is 0 Å². The first-order valence-corrected chi connectivity index (χ1v) is 4.89. The molecule has 13 heavy (non-hydrogen) atoms. The standard InChI is InChI=1S/C13H18/c1-5-6-11(3)13-8-7-10(2)9-12(13)4/h6-9H,5H2,1-4H3/b11-6-.